The van der Waals surface area contributed by atoms with Crippen LogP contribution in [0.5, 0.6) is 5.75 Å². The zero-order chi connectivity index (χ0) is 15.2. The average Bonchev–Trinajstić information content (AvgIpc) is 2.47. The van der Waals surface area contributed by atoms with Gasteiger partial charge in [-0.15, -0.1) is 0 Å². The lowest BCUT2D eigenvalue weighted by Crippen LogP contribution is -2.00. The summed E-state index contributed by atoms with van der Waals surface area (Å²) in [5.74, 6) is 0.828. The van der Waals surface area contributed by atoms with Gasteiger partial charge in [0.25, 0.3) is 5.69 Å². The summed E-state index contributed by atoms with van der Waals surface area (Å²) in [6, 6.07) is 12.1. The number of halogens is 1. The Hall–Kier alpha value is -2.27. The number of benzene rings is 2. The smallest absolute Gasteiger partial charge is 0.271 e. The molecule has 0 bridgehead atoms. The van der Waals surface area contributed by atoms with Crippen LogP contribution in [0.3, 0.4) is 0 Å². The number of rotatable bonds is 6. The number of nitrogens with zero attached hydrogens (tertiary/aromatic N) is 1. The molecule has 0 aromatic heterocycles. The molecule has 0 aliphatic carbocycles. The quantitative estimate of drug-likeness (QED) is 0.640. The number of non-ortho nitro benzene ring substituents is 1. The van der Waals surface area contributed by atoms with Gasteiger partial charge >= 0.3 is 0 Å². The van der Waals surface area contributed by atoms with E-state index in [1.807, 2.05) is 31.2 Å². The van der Waals surface area contributed by atoms with Crippen LogP contribution in [0, 0.1) is 10.1 Å². The lowest BCUT2D eigenvalue weighted by atomic mass is 10.2. The lowest BCUT2D eigenvalue weighted by Gasteiger charge is -2.09. The fraction of sp³-hybridized carbons (Fsp3) is 0.200. The Kier molecular flexibility index (Phi) is 5.00. The van der Waals surface area contributed by atoms with Crippen LogP contribution >= 0.6 is 11.6 Å². The van der Waals surface area contributed by atoms with E-state index in [1.54, 1.807) is 6.07 Å². The summed E-state index contributed by atoms with van der Waals surface area (Å²) in [7, 11) is 0. The third-order valence-corrected chi connectivity index (χ3v) is 3.19. The van der Waals surface area contributed by atoms with Gasteiger partial charge in [-0.3, -0.25) is 10.1 Å². The molecule has 0 unspecified atom stereocenters. The van der Waals surface area contributed by atoms with Crippen molar-refractivity contribution < 1.29 is 9.66 Å². The Labute approximate surface area is 127 Å². The third-order valence-electron chi connectivity index (χ3n) is 2.88. The summed E-state index contributed by atoms with van der Waals surface area (Å²) in [6.45, 7) is 3.14. The van der Waals surface area contributed by atoms with Gasteiger partial charge in [-0.1, -0.05) is 23.7 Å². The van der Waals surface area contributed by atoms with Crippen molar-refractivity contribution in [2.45, 2.75) is 13.5 Å². The van der Waals surface area contributed by atoms with Gasteiger partial charge in [0.05, 0.1) is 22.2 Å². The van der Waals surface area contributed by atoms with Crippen LogP contribution in [0.15, 0.2) is 42.5 Å². The van der Waals surface area contributed by atoms with E-state index < -0.39 is 4.92 Å². The van der Waals surface area contributed by atoms with Gasteiger partial charge in [0.15, 0.2) is 0 Å². The van der Waals surface area contributed by atoms with E-state index in [-0.39, 0.29) is 5.69 Å². The molecule has 0 aliphatic heterocycles. The van der Waals surface area contributed by atoms with E-state index in [1.165, 1.54) is 12.1 Å². The summed E-state index contributed by atoms with van der Waals surface area (Å²) < 4.78 is 5.37. The topological polar surface area (TPSA) is 64.4 Å². The molecule has 0 amide bonds. The molecule has 2 aromatic rings. The first-order valence-electron chi connectivity index (χ1n) is 6.49. The molecule has 0 aliphatic rings. The number of nitro groups is 1. The van der Waals surface area contributed by atoms with Gasteiger partial charge < -0.3 is 10.1 Å². The van der Waals surface area contributed by atoms with Crippen molar-refractivity contribution in [3.05, 3.63) is 63.2 Å². The molecule has 0 heterocycles. The number of anilines is 1. The van der Waals surface area contributed by atoms with Gasteiger partial charge in [-0.25, -0.2) is 0 Å². The van der Waals surface area contributed by atoms with Crippen molar-refractivity contribution in [1.29, 1.82) is 0 Å². The number of hydrogen-bond acceptors (Lipinski definition) is 4. The highest BCUT2D eigenvalue weighted by molar-refractivity contribution is 6.33. The van der Waals surface area contributed by atoms with Gasteiger partial charge in [-0.05, 0) is 30.7 Å². The Morgan fingerprint density at radius 2 is 1.95 bits per heavy atom. The van der Waals surface area contributed by atoms with E-state index in [0.717, 1.165) is 11.3 Å². The van der Waals surface area contributed by atoms with Crippen molar-refractivity contribution in [2.75, 3.05) is 11.9 Å². The van der Waals surface area contributed by atoms with E-state index in [2.05, 4.69) is 5.32 Å². The second-order valence-corrected chi connectivity index (χ2v) is 4.76. The Balaban J connectivity index is 2.01. The first kappa shape index (κ1) is 15.1. The molecule has 0 atom stereocenters. The molecular formula is C15H15ClN2O3. The predicted octanol–water partition coefficient (Wildman–Crippen LogP) is 4.26. The van der Waals surface area contributed by atoms with Crippen LogP contribution in [0.4, 0.5) is 11.4 Å². The molecule has 1 N–H and O–H groups in total. The fourth-order valence-corrected chi connectivity index (χ4v) is 2.07. The fourth-order valence-electron chi connectivity index (χ4n) is 1.83. The molecule has 0 spiro atoms. The van der Waals surface area contributed by atoms with Crippen LogP contribution in [0.1, 0.15) is 12.5 Å². The van der Waals surface area contributed by atoms with Gasteiger partial charge in [0.2, 0.25) is 0 Å². The minimum Gasteiger partial charge on any atom is -0.494 e. The normalized spacial score (nSPS) is 10.2. The Bertz CT molecular complexity index is 629. The molecule has 2 aromatic carbocycles. The number of ether oxygens (including phenoxy) is 1. The lowest BCUT2D eigenvalue weighted by molar-refractivity contribution is -0.384. The van der Waals surface area contributed by atoms with Crippen LogP contribution in [-0.2, 0) is 6.54 Å². The highest BCUT2D eigenvalue weighted by Gasteiger charge is 2.09. The molecular weight excluding hydrogens is 292 g/mol. The van der Waals surface area contributed by atoms with Crippen molar-refractivity contribution in [3.63, 3.8) is 0 Å². The summed E-state index contributed by atoms with van der Waals surface area (Å²) in [5.41, 5.74) is 1.70. The second-order valence-electron chi connectivity index (χ2n) is 4.35. The number of hydrogen-bond donors (Lipinski definition) is 1. The molecule has 2 rings (SSSR count). The monoisotopic (exact) mass is 306 g/mol. The maximum Gasteiger partial charge on any atom is 0.271 e. The van der Waals surface area contributed by atoms with E-state index in [0.29, 0.717) is 23.9 Å². The Morgan fingerprint density at radius 1 is 1.24 bits per heavy atom. The minimum absolute atomic E-state index is 0.0217. The number of nitro benzene ring substituents is 1. The zero-order valence-corrected chi connectivity index (χ0v) is 12.3. The van der Waals surface area contributed by atoms with Gasteiger partial charge in [-0.2, -0.15) is 0 Å². The summed E-state index contributed by atoms with van der Waals surface area (Å²) >= 11 is 6.02. The molecule has 21 heavy (non-hydrogen) atoms. The Morgan fingerprint density at radius 3 is 2.52 bits per heavy atom. The summed E-state index contributed by atoms with van der Waals surface area (Å²) in [4.78, 5) is 10.2. The summed E-state index contributed by atoms with van der Waals surface area (Å²) in [5, 5.41) is 14.1. The molecule has 5 nitrogen and oxygen atoms in total. The average molecular weight is 307 g/mol. The molecule has 0 saturated carbocycles. The second kappa shape index (κ2) is 6.95. The zero-order valence-electron chi connectivity index (χ0n) is 11.5. The van der Waals surface area contributed by atoms with Crippen molar-refractivity contribution in [1.82, 2.24) is 0 Å². The van der Waals surface area contributed by atoms with Crippen LogP contribution < -0.4 is 10.1 Å². The third kappa shape index (κ3) is 4.10. The standard InChI is InChI=1S/C15H15ClN2O3/c1-2-21-13-6-3-11(4-7-13)10-17-15-8-5-12(18(19)20)9-14(15)16/h3-9,17H,2,10H2,1H3. The molecule has 0 radical (unpaired) electrons. The maximum atomic E-state index is 10.6. The SMILES string of the molecule is CCOc1ccc(CNc2ccc([N+](=O)[O-])cc2Cl)cc1. The van der Waals surface area contributed by atoms with Crippen LogP contribution in [0.25, 0.3) is 0 Å². The first-order chi connectivity index (χ1) is 10.1. The van der Waals surface area contributed by atoms with Crippen LogP contribution in [-0.4, -0.2) is 11.5 Å². The van der Waals surface area contributed by atoms with Crippen molar-refractivity contribution in [3.8, 4) is 5.75 Å². The molecule has 110 valence electrons. The van der Waals surface area contributed by atoms with Gasteiger partial charge in [0.1, 0.15) is 5.75 Å². The van der Waals surface area contributed by atoms with Gasteiger partial charge in [0, 0.05) is 18.7 Å². The first-order valence-corrected chi connectivity index (χ1v) is 6.87. The van der Waals surface area contributed by atoms with Crippen molar-refractivity contribution >= 4 is 23.0 Å². The highest BCUT2D eigenvalue weighted by Crippen LogP contribution is 2.27. The molecule has 0 saturated heterocycles. The predicted molar refractivity (Wildman–Crippen MR) is 83.0 cm³/mol. The molecule has 6 heteroatoms. The van der Waals surface area contributed by atoms with E-state index in [9.17, 15) is 10.1 Å². The van der Waals surface area contributed by atoms with Crippen molar-refractivity contribution in [2.24, 2.45) is 0 Å². The van der Waals surface area contributed by atoms with E-state index >= 15 is 0 Å². The minimum atomic E-state index is -0.470. The number of nitrogens with one attached hydrogen (secondary N) is 1. The van der Waals surface area contributed by atoms with E-state index in [4.69, 9.17) is 16.3 Å². The maximum absolute atomic E-state index is 10.6. The molecule has 0 fully saturated rings. The summed E-state index contributed by atoms with van der Waals surface area (Å²) in [6.07, 6.45) is 0. The largest absolute Gasteiger partial charge is 0.494 e. The highest BCUT2D eigenvalue weighted by atomic mass is 35.5. The van der Waals surface area contributed by atoms with Crippen LogP contribution in [0.2, 0.25) is 5.02 Å².